The normalized spacial score (nSPS) is 13.6. The van der Waals surface area contributed by atoms with Crippen LogP contribution in [0.25, 0.3) is 0 Å². The molecule has 5 nitrogen and oxygen atoms in total. The van der Waals surface area contributed by atoms with Crippen LogP contribution in [-0.4, -0.2) is 23.8 Å². The van der Waals surface area contributed by atoms with Crippen molar-refractivity contribution in [3.05, 3.63) is 101 Å². The summed E-state index contributed by atoms with van der Waals surface area (Å²) in [5.74, 6) is 0.628. The van der Waals surface area contributed by atoms with Gasteiger partial charge in [0.1, 0.15) is 5.75 Å². The van der Waals surface area contributed by atoms with E-state index in [4.69, 9.17) is 4.74 Å². The maximum Gasteiger partial charge on any atom is 0.255 e. The zero-order valence-electron chi connectivity index (χ0n) is 17.8. The smallest absolute Gasteiger partial charge is 0.255 e. The van der Waals surface area contributed by atoms with Gasteiger partial charge in [0.2, 0.25) is 5.91 Å². The average Bonchev–Trinajstić information content (AvgIpc) is 3.13. The second-order valence-electron chi connectivity index (χ2n) is 7.85. The van der Waals surface area contributed by atoms with Gasteiger partial charge in [-0.1, -0.05) is 60.2 Å². The number of nitrogens with zero attached hydrogens (tertiary/aromatic N) is 1. The van der Waals surface area contributed by atoms with Crippen molar-refractivity contribution in [1.82, 2.24) is 10.2 Å². The molecule has 0 bridgehead atoms. The Morgan fingerprint density at radius 1 is 1.06 bits per heavy atom. The Bertz CT molecular complexity index is 1090. The maximum atomic E-state index is 13.1. The molecule has 3 aromatic rings. The summed E-state index contributed by atoms with van der Waals surface area (Å²) >= 11 is 0. The molecular weight excluding hydrogens is 388 g/mol. The Morgan fingerprint density at radius 3 is 2.58 bits per heavy atom. The minimum absolute atomic E-state index is 0.0261. The summed E-state index contributed by atoms with van der Waals surface area (Å²) in [6.45, 7) is 2.94. The van der Waals surface area contributed by atoms with Gasteiger partial charge in [-0.3, -0.25) is 9.59 Å². The number of ether oxygens (including phenoxy) is 1. The molecule has 0 radical (unpaired) electrons. The third kappa shape index (κ3) is 4.61. The number of fused-ring (bicyclic) bond motifs is 1. The van der Waals surface area contributed by atoms with Crippen molar-refractivity contribution in [2.75, 3.05) is 7.11 Å². The molecule has 0 aromatic heterocycles. The van der Waals surface area contributed by atoms with Crippen LogP contribution in [0.1, 0.15) is 45.1 Å². The number of hydrogen-bond donors (Lipinski definition) is 1. The molecule has 0 spiro atoms. The van der Waals surface area contributed by atoms with Crippen LogP contribution >= 0.6 is 0 Å². The number of nitrogens with one attached hydrogen (secondary N) is 1. The zero-order chi connectivity index (χ0) is 21.8. The van der Waals surface area contributed by atoms with E-state index < -0.39 is 0 Å². The summed E-state index contributed by atoms with van der Waals surface area (Å²) in [5, 5.41) is 2.99. The first-order valence-corrected chi connectivity index (χ1v) is 10.4. The third-order valence-electron chi connectivity index (χ3n) is 5.69. The lowest BCUT2D eigenvalue weighted by atomic mass is 10.00. The maximum absolute atomic E-state index is 13.1. The van der Waals surface area contributed by atoms with Crippen molar-refractivity contribution >= 4 is 11.8 Å². The molecule has 2 amide bonds. The number of rotatable bonds is 7. The third-order valence-corrected chi connectivity index (χ3v) is 5.69. The van der Waals surface area contributed by atoms with Crippen LogP contribution in [0.15, 0.2) is 72.8 Å². The number of amides is 2. The fourth-order valence-electron chi connectivity index (χ4n) is 3.96. The lowest BCUT2D eigenvalue weighted by Crippen LogP contribution is -2.34. The summed E-state index contributed by atoms with van der Waals surface area (Å²) in [4.78, 5) is 27.8. The molecule has 1 heterocycles. The highest BCUT2D eigenvalue weighted by Crippen LogP contribution is 2.33. The number of carbonyl (C=O) groups excluding carboxylic acids is 2. The van der Waals surface area contributed by atoms with Gasteiger partial charge in [0, 0.05) is 18.7 Å². The molecule has 4 rings (SSSR count). The van der Waals surface area contributed by atoms with Crippen LogP contribution in [0.5, 0.6) is 5.75 Å². The van der Waals surface area contributed by atoms with E-state index in [9.17, 15) is 9.59 Å². The minimum atomic E-state index is -0.328. The van der Waals surface area contributed by atoms with Crippen molar-refractivity contribution < 1.29 is 14.3 Å². The highest BCUT2D eigenvalue weighted by molar-refractivity contribution is 5.98. The van der Waals surface area contributed by atoms with Gasteiger partial charge >= 0.3 is 0 Å². The Morgan fingerprint density at radius 2 is 1.84 bits per heavy atom. The van der Waals surface area contributed by atoms with Gasteiger partial charge in [0.25, 0.3) is 5.91 Å². The molecule has 0 unspecified atom stereocenters. The molecule has 1 atom stereocenters. The molecule has 3 aromatic carbocycles. The van der Waals surface area contributed by atoms with E-state index in [0.29, 0.717) is 13.1 Å². The molecule has 1 aliphatic heterocycles. The van der Waals surface area contributed by atoms with Crippen LogP contribution in [0.3, 0.4) is 0 Å². The Labute approximate surface area is 182 Å². The topological polar surface area (TPSA) is 58.6 Å². The molecule has 0 fully saturated rings. The molecule has 0 saturated heterocycles. The van der Waals surface area contributed by atoms with Gasteiger partial charge in [-0.15, -0.1) is 0 Å². The number of carbonyl (C=O) groups is 2. The van der Waals surface area contributed by atoms with Gasteiger partial charge in [-0.25, -0.2) is 0 Å². The molecule has 31 heavy (non-hydrogen) atoms. The standard InChI is InChI=1S/C26H26N2O3/c1-18-10-12-20(13-11-18)24(28-17-21-7-3-4-9-23(21)26(28)30)15-25(29)27-16-19-6-5-8-22(14-19)31-2/h3-14,24H,15-17H2,1-2H3,(H,27,29)/t24-/m1/s1. The van der Waals surface area contributed by atoms with Crippen LogP contribution in [0.4, 0.5) is 0 Å². The van der Waals surface area contributed by atoms with Gasteiger partial charge in [-0.2, -0.15) is 0 Å². The monoisotopic (exact) mass is 414 g/mol. The predicted octanol–water partition coefficient (Wildman–Crippen LogP) is 4.41. The van der Waals surface area contributed by atoms with Gasteiger partial charge < -0.3 is 15.0 Å². The summed E-state index contributed by atoms with van der Waals surface area (Å²) in [6.07, 6.45) is 0.201. The zero-order valence-corrected chi connectivity index (χ0v) is 17.8. The Kier molecular flexibility index (Phi) is 6.03. The van der Waals surface area contributed by atoms with Gasteiger partial charge in [-0.05, 0) is 41.8 Å². The van der Waals surface area contributed by atoms with Crippen molar-refractivity contribution in [3.63, 3.8) is 0 Å². The SMILES string of the molecule is COc1cccc(CNC(=O)C[C@H](c2ccc(C)cc2)N2Cc3ccccc3C2=O)c1. The van der Waals surface area contributed by atoms with Crippen LogP contribution < -0.4 is 10.1 Å². The van der Waals surface area contributed by atoms with Crippen LogP contribution in [-0.2, 0) is 17.9 Å². The van der Waals surface area contributed by atoms with Gasteiger partial charge in [0.15, 0.2) is 0 Å². The quantitative estimate of drug-likeness (QED) is 0.623. The first-order chi connectivity index (χ1) is 15.0. The van der Waals surface area contributed by atoms with Gasteiger partial charge in [0.05, 0.1) is 19.6 Å². The molecule has 5 heteroatoms. The summed E-state index contributed by atoms with van der Waals surface area (Å²) < 4.78 is 5.25. The Balaban J connectivity index is 1.52. The highest BCUT2D eigenvalue weighted by Gasteiger charge is 2.34. The number of hydrogen-bond acceptors (Lipinski definition) is 3. The molecule has 1 N–H and O–H groups in total. The average molecular weight is 415 g/mol. The largest absolute Gasteiger partial charge is 0.497 e. The molecule has 158 valence electrons. The first-order valence-electron chi connectivity index (χ1n) is 10.4. The van der Waals surface area contributed by atoms with Crippen molar-refractivity contribution in [3.8, 4) is 5.75 Å². The van der Waals surface area contributed by atoms with Crippen LogP contribution in [0, 0.1) is 6.92 Å². The van der Waals surface area contributed by atoms with E-state index in [0.717, 1.165) is 33.6 Å². The molecular formula is C26H26N2O3. The molecule has 1 aliphatic rings. The fourth-order valence-corrected chi connectivity index (χ4v) is 3.96. The fraction of sp³-hybridized carbons (Fsp3) is 0.231. The second-order valence-corrected chi connectivity index (χ2v) is 7.85. The van der Waals surface area contributed by atoms with Crippen molar-refractivity contribution in [2.24, 2.45) is 0 Å². The van der Waals surface area contributed by atoms with E-state index in [2.05, 4.69) is 5.32 Å². The highest BCUT2D eigenvalue weighted by atomic mass is 16.5. The lowest BCUT2D eigenvalue weighted by Gasteiger charge is -2.28. The van der Waals surface area contributed by atoms with Crippen molar-refractivity contribution in [1.29, 1.82) is 0 Å². The number of aryl methyl sites for hydroxylation is 1. The number of benzene rings is 3. The lowest BCUT2D eigenvalue weighted by molar-refractivity contribution is -0.122. The molecule has 0 aliphatic carbocycles. The first kappa shape index (κ1) is 20.7. The second kappa shape index (κ2) is 9.04. The van der Waals surface area contributed by atoms with Crippen molar-refractivity contribution in [2.45, 2.75) is 32.5 Å². The van der Waals surface area contributed by atoms with E-state index in [-0.39, 0.29) is 24.3 Å². The molecule has 0 saturated carbocycles. The van der Waals surface area contributed by atoms with E-state index in [1.807, 2.05) is 79.7 Å². The van der Waals surface area contributed by atoms with E-state index in [1.165, 1.54) is 0 Å². The Hall–Kier alpha value is -3.60. The summed E-state index contributed by atoms with van der Waals surface area (Å²) in [7, 11) is 1.62. The predicted molar refractivity (Wildman–Crippen MR) is 120 cm³/mol. The summed E-state index contributed by atoms with van der Waals surface area (Å²) in [5.41, 5.74) is 4.78. The van der Waals surface area contributed by atoms with E-state index in [1.54, 1.807) is 12.0 Å². The van der Waals surface area contributed by atoms with E-state index >= 15 is 0 Å². The van der Waals surface area contributed by atoms with Crippen LogP contribution in [0.2, 0.25) is 0 Å². The minimum Gasteiger partial charge on any atom is -0.497 e. The number of methoxy groups -OCH3 is 1. The summed E-state index contributed by atoms with van der Waals surface area (Å²) in [6, 6.07) is 23.0.